The number of hydrogen-bond acceptors (Lipinski definition) is 4. The summed E-state index contributed by atoms with van der Waals surface area (Å²) in [7, 11) is 0. The lowest BCUT2D eigenvalue weighted by Crippen LogP contribution is -1.96. The molecule has 154 valence electrons. The molecule has 4 aromatic rings. The van der Waals surface area contributed by atoms with Crippen LogP contribution in [-0.4, -0.2) is 10.9 Å². The molecule has 1 aromatic heterocycles. The van der Waals surface area contributed by atoms with Crippen LogP contribution in [0.15, 0.2) is 89.5 Å². The van der Waals surface area contributed by atoms with Gasteiger partial charge in [0.25, 0.3) is 0 Å². The van der Waals surface area contributed by atoms with E-state index in [1.165, 1.54) is 0 Å². The zero-order valence-corrected chi connectivity index (χ0v) is 17.8. The Morgan fingerprint density at radius 1 is 0.935 bits per heavy atom. The summed E-state index contributed by atoms with van der Waals surface area (Å²) in [6, 6.07) is 23.7. The zero-order valence-electron chi connectivity index (χ0n) is 16.3. The first-order valence-corrected chi connectivity index (χ1v) is 10.3. The minimum atomic E-state index is -0.0723. The monoisotopic (exact) mass is 449 g/mol. The second-order valence-corrected chi connectivity index (χ2v) is 7.54. The van der Waals surface area contributed by atoms with Crippen LogP contribution in [0.3, 0.4) is 0 Å². The smallest absolute Gasteiger partial charge is 0.185 e. The van der Waals surface area contributed by atoms with Crippen molar-refractivity contribution in [3.63, 3.8) is 0 Å². The van der Waals surface area contributed by atoms with Gasteiger partial charge in [-0.05, 0) is 48.0 Å². The van der Waals surface area contributed by atoms with E-state index in [2.05, 4.69) is 5.16 Å². The van der Waals surface area contributed by atoms with Crippen molar-refractivity contribution in [1.82, 2.24) is 5.16 Å². The Bertz CT molecular complexity index is 1220. The fourth-order valence-electron chi connectivity index (χ4n) is 2.87. The molecule has 0 saturated heterocycles. The van der Waals surface area contributed by atoms with Crippen molar-refractivity contribution in [3.8, 4) is 17.0 Å². The number of rotatable bonds is 7. The van der Waals surface area contributed by atoms with Gasteiger partial charge in [-0.15, -0.1) is 0 Å². The van der Waals surface area contributed by atoms with Gasteiger partial charge < -0.3 is 9.26 Å². The molecular weight excluding hydrogens is 433 g/mol. The van der Waals surface area contributed by atoms with Gasteiger partial charge in [-0.1, -0.05) is 70.8 Å². The summed E-state index contributed by atoms with van der Waals surface area (Å²) in [5, 5.41) is 4.98. The standard InChI is InChI=1S/C25H17Cl2NO3/c26-22-12-9-19(14-23(22)27)24-15-21(31-28-24)16-30-20-10-7-18(8-11-20)25(29)13-6-17-4-2-1-3-5-17/h1-15H,16H2/b13-6+. The van der Waals surface area contributed by atoms with E-state index in [1.54, 1.807) is 54.6 Å². The normalized spacial score (nSPS) is 11.0. The molecule has 0 bridgehead atoms. The molecule has 0 amide bonds. The van der Waals surface area contributed by atoms with E-state index in [0.29, 0.717) is 32.8 Å². The average molecular weight is 450 g/mol. The second kappa shape index (κ2) is 9.65. The van der Waals surface area contributed by atoms with Crippen LogP contribution in [0.5, 0.6) is 5.75 Å². The number of benzene rings is 3. The highest BCUT2D eigenvalue weighted by atomic mass is 35.5. The third-order valence-electron chi connectivity index (χ3n) is 4.52. The van der Waals surface area contributed by atoms with E-state index in [4.69, 9.17) is 32.5 Å². The van der Waals surface area contributed by atoms with Gasteiger partial charge in [0.15, 0.2) is 11.5 Å². The highest BCUT2D eigenvalue weighted by molar-refractivity contribution is 6.42. The van der Waals surface area contributed by atoms with E-state index in [1.807, 2.05) is 36.4 Å². The number of carbonyl (C=O) groups is 1. The number of halogens is 2. The van der Waals surface area contributed by atoms with Crippen molar-refractivity contribution in [2.75, 3.05) is 0 Å². The molecule has 0 unspecified atom stereocenters. The Kier molecular flexibility index (Phi) is 6.51. The number of ketones is 1. The molecule has 0 radical (unpaired) electrons. The van der Waals surface area contributed by atoms with Crippen molar-refractivity contribution in [3.05, 3.63) is 112 Å². The third-order valence-corrected chi connectivity index (χ3v) is 5.26. The minimum Gasteiger partial charge on any atom is -0.486 e. The number of ether oxygens (including phenoxy) is 1. The van der Waals surface area contributed by atoms with Crippen LogP contribution in [-0.2, 0) is 6.61 Å². The van der Waals surface area contributed by atoms with E-state index >= 15 is 0 Å². The summed E-state index contributed by atoms with van der Waals surface area (Å²) in [4.78, 5) is 12.3. The first kappa shape index (κ1) is 20.9. The fraction of sp³-hybridized carbons (Fsp3) is 0.0400. The van der Waals surface area contributed by atoms with Crippen LogP contribution in [0.4, 0.5) is 0 Å². The summed E-state index contributed by atoms with van der Waals surface area (Å²) in [6.45, 7) is 0.204. The molecule has 4 nitrogen and oxygen atoms in total. The Morgan fingerprint density at radius 3 is 2.45 bits per heavy atom. The predicted octanol–water partition coefficient (Wildman–Crippen LogP) is 7.12. The van der Waals surface area contributed by atoms with Gasteiger partial charge in [-0.2, -0.15) is 0 Å². The molecule has 3 aromatic carbocycles. The molecule has 4 rings (SSSR count). The SMILES string of the molecule is O=C(/C=C/c1ccccc1)c1ccc(OCc2cc(-c3ccc(Cl)c(Cl)c3)no2)cc1. The molecular formula is C25H17Cl2NO3. The van der Waals surface area contributed by atoms with Crippen molar-refractivity contribution >= 4 is 35.1 Å². The maximum atomic E-state index is 12.3. The highest BCUT2D eigenvalue weighted by Crippen LogP contribution is 2.28. The van der Waals surface area contributed by atoms with Crippen molar-refractivity contribution in [1.29, 1.82) is 0 Å². The van der Waals surface area contributed by atoms with Crippen LogP contribution in [0.25, 0.3) is 17.3 Å². The minimum absolute atomic E-state index is 0.0723. The van der Waals surface area contributed by atoms with Crippen molar-refractivity contribution < 1.29 is 14.1 Å². The molecule has 0 N–H and O–H groups in total. The Morgan fingerprint density at radius 2 is 1.71 bits per heavy atom. The van der Waals surface area contributed by atoms with E-state index in [0.717, 1.165) is 11.1 Å². The largest absolute Gasteiger partial charge is 0.486 e. The Balaban J connectivity index is 1.35. The number of aromatic nitrogens is 1. The molecule has 0 atom stereocenters. The number of hydrogen-bond donors (Lipinski definition) is 0. The Hall–Kier alpha value is -3.34. The molecule has 0 saturated carbocycles. The maximum absolute atomic E-state index is 12.3. The summed E-state index contributed by atoms with van der Waals surface area (Å²) >= 11 is 12.0. The summed E-state index contributed by atoms with van der Waals surface area (Å²) < 4.78 is 11.1. The van der Waals surface area contributed by atoms with Gasteiger partial charge in [0.1, 0.15) is 18.1 Å². The van der Waals surface area contributed by atoms with Crippen molar-refractivity contribution in [2.24, 2.45) is 0 Å². The topological polar surface area (TPSA) is 52.3 Å². The summed E-state index contributed by atoms with van der Waals surface area (Å²) in [5.41, 5.74) is 3.00. The number of carbonyl (C=O) groups excluding carboxylic acids is 1. The second-order valence-electron chi connectivity index (χ2n) is 6.73. The summed E-state index contributed by atoms with van der Waals surface area (Å²) in [5.74, 6) is 1.11. The first-order valence-electron chi connectivity index (χ1n) is 9.50. The average Bonchev–Trinajstić information content (AvgIpc) is 3.28. The van der Waals surface area contributed by atoms with Gasteiger partial charge in [0.05, 0.1) is 10.0 Å². The zero-order chi connectivity index (χ0) is 21.6. The Labute approximate surface area is 189 Å². The molecule has 31 heavy (non-hydrogen) atoms. The number of nitrogens with zero attached hydrogens (tertiary/aromatic N) is 1. The highest BCUT2D eigenvalue weighted by Gasteiger charge is 2.10. The van der Waals surface area contributed by atoms with Crippen LogP contribution in [0.1, 0.15) is 21.7 Å². The molecule has 1 heterocycles. The lowest BCUT2D eigenvalue weighted by molar-refractivity contribution is 0.104. The van der Waals surface area contributed by atoms with E-state index in [9.17, 15) is 4.79 Å². The molecule has 0 aliphatic heterocycles. The maximum Gasteiger partial charge on any atom is 0.185 e. The molecule has 0 aliphatic carbocycles. The molecule has 0 fully saturated rings. The first-order chi connectivity index (χ1) is 15.1. The molecule has 0 aliphatic rings. The lowest BCUT2D eigenvalue weighted by Gasteiger charge is -2.04. The van der Waals surface area contributed by atoms with Gasteiger partial charge in [-0.3, -0.25) is 4.79 Å². The van der Waals surface area contributed by atoms with Gasteiger partial charge in [-0.25, -0.2) is 0 Å². The van der Waals surface area contributed by atoms with Gasteiger partial charge >= 0.3 is 0 Å². The van der Waals surface area contributed by atoms with E-state index < -0.39 is 0 Å². The van der Waals surface area contributed by atoms with Crippen LogP contribution in [0, 0.1) is 0 Å². The molecule has 6 heteroatoms. The summed E-state index contributed by atoms with van der Waals surface area (Å²) in [6.07, 6.45) is 3.35. The third kappa shape index (κ3) is 5.43. The van der Waals surface area contributed by atoms with Crippen LogP contribution < -0.4 is 4.74 Å². The predicted molar refractivity (Wildman–Crippen MR) is 123 cm³/mol. The van der Waals surface area contributed by atoms with Crippen LogP contribution in [0.2, 0.25) is 10.0 Å². The van der Waals surface area contributed by atoms with Crippen LogP contribution >= 0.6 is 23.2 Å². The lowest BCUT2D eigenvalue weighted by atomic mass is 10.1. The molecule has 0 spiro atoms. The quantitative estimate of drug-likeness (QED) is 0.222. The fourth-order valence-corrected chi connectivity index (χ4v) is 3.17. The van der Waals surface area contributed by atoms with Crippen molar-refractivity contribution in [2.45, 2.75) is 6.61 Å². The van der Waals surface area contributed by atoms with E-state index in [-0.39, 0.29) is 12.4 Å². The van der Waals surface area contributed by atoms with Gasteiger partial charge in [0, 0.05) is 17.2 Å². The van der Waals surface area contributed by atoms with Gasteiger partial charge in [0.2, 0.25) is 0 Å². The number of allylic oxidation sites excluding steroid dienone is 1.